The SMILES string of the molecule is O=C(COc1ccc(S(=O)(=O)N2CCCCC2)cc1)N1CCN(c2cccc(Cl)c2)CC1. The number of anilines is 1. The molecule has 2 aliphatic heterocycles. The minimum atomic E-state index is -3.47. The summed E-state index contributed by atoms with van der Waals surface area (Å²) in [5.41, 5.74) is 1.06. The number of benzene rings is 2. The molecular weight excluding hydrogens is 450 g/mol. The predicted octanol–water partition coefficient (Wildman–Crippen LogP) is 3.24. The molecule has 9 heteroatoms. The zero-order valence-electron chi connectivity index (χ0n) is 18.0. The standard InChI is InChI=1S/C23H28ClN3O4S/c24-19-5-4-6-20(17-19)25-13-15-26(16-14-25)23(28)18-31-21-7-9-22(10-8-21)32(29,30)27-11-2-1-3-12-27/h4-10,17H,1-3,11-16,18H2. The Hall–Kier alpha value is -2.29. The van der Waals surface area contributed by atoms with Gasteiger partial charge in [0, 0.05) is 50.0 Å². The van der Waals surface area contributed by atoms with Crippen LogP contribution in [-0.4, -0.2) is 69.4 Å². The number of hydrogen-bond donors (Lipinski definition) is 0. The summed E-state index contributed by atoms with van der Waals surface area (Å²) in [4.78, 5) is 16.8. The van der Waals surface area contributed by atoms with E-state index in [1.165, 1.54) is 0 Å². The fourth-order valence-corrected chi connectivity index (χ4v) is 5.79. The van der Waals surface area contributed by atoms with Crippen molar-refractivity contribution in [2.45, 2.75) is 24.2 Å². The lowest BCUT2D eigenvalue weighted by Gasteiger charge is -2.36. The maximum atomic E-state index is 12.7. The summed E-state index contributed by atoms with van der Waals surface area (Å²) in [7, 11) is -3.47. The number of carbonyl (C=O) groups excluding carboxylic acids is 1. The van der Waals surface area contributed by atoms with Gasteiger partial charge in [-0.1, -0.05) is 24.1 Å². The number of halogens is 1. The predicted molar refractivity (Wildman–Crippen MR) is 125 cm³/mol. The normalized spacial score (nSPS) is 17.9. The van der Waals surface area contributed by atoms with Crippen molar-refractivity contribution in [2.75, 3.05) is 50.8 Å². The second kappa shape index (κ2) is 10.1. The third-order valence-corrected chi connectivity index (χ3v) is 8.09. The van der Waals surface area contributed by atoms with Crippen molar-refractivity contribution >= 4 is 33.2 Å². The number of carbonyl (C=O) groups is 1. The third-order valence-electron chi connectivity index (χ3n) is 5.94. The zero-order chi connectivity index (χ0) is 22.6. The molecule has 0 atom stereocenters. The lowest BCUT2D eigenvalue weighted by molar-refractivity contribution is -0.133. The number of sulfonamides is 1. The van der Waals surface area contributed by atoms with Crippen LogP contribution in [0.25, 0.3) is 0 Å². The molecule has 172 valence electrons. The summed E-state index contributed by atoms with van der Waals surface area (Å²) in [6.07, 6.45) is 2.87. The van der Waals surface area contributed by atoms with Crippen molar-refractivity contribution in [3.8, 4) is 5.75 Å². The lowest BCUT2D eigenvalue weighted by Crippen LogP contribution is -2.50. The number of nitrogens with zero attached hydrogens (tertiary/aromatic N) is 3. The van der Waals surface area contributed by atoms with Gasteiger partial charge < -0.3 is 14.5 Å². The first kappa shape index (κ1) is 22.9. The highest BCUT2D eigenvalue weighted by Crippen LogP contribution is 2.23. The molecule has 2 aromatic carbocycles. The Labute approximate surface area is 194 Å². The third kappa shape index (κ3) is 5.36. The van der Waals surface area contributed by atoms with Gasteiger partial charge in [-0.3, -0.25) is 4.79 Å². The Kier molecular flexibility index (Phi) is 7.23. The molecule has 2 aliphatic rings. The van der Waals surface area contributed by atoms with Crippen LogP contribution in [0.4, 0.5) is 5.69 Å². The summed E-state index contributed by atoms with van der Waals surface area (Å²) < 4.78 is 32.6. The smallest absolute Gasteiger partial charge is 0.260 e. The topological polar surface area (TPSA) is 70.2 Å². The van der Waals surface area contributed by atoms with Gasteiger partial charge in [0.15, 0.2) is 6.61 Å². The average molecular weight is 478 g/mol. The zero-order valence-corrected chi connectivity index (χ0v) is 19.5. The van der Waals surface area contributed by atoms with Crippen LogP contribution in [0, 0.1) is 0 Å². The summed E-state index contributed by atoms with van der Waals surface area (Å²) in [5.74, 6) is 0.397. The van der Waals surface area contributed by atoms with E-state index in [4.69, 9.17) is 16.3 Å². The lowest BCUT2D eigenvalue weighted by atomic mass is 10.2. The Bertz CT molecular complexity index is 1030. The van der Waals surface area contributed by atoms with Crippen molar-refractivity contribution in [3.63, 3.8) is 0 Å². The minimum Gasteiger partial charge on any atom is -0.484 e. The monoisotopic (exact) mass is 477 g/mol. The molecule has 0 N–H and O–H groups in total. The first-order valence-electron chi connectivity index (χ1n) is 10.9. The van der Waals surface area contributed by atoms with E-state index in [0.29, 0.717) is 37.0 Å². The van der Waals surface area contributed by atoms with Crippen LogP contribution < -0.4 is 9.64 Å². The van der Waals surface area contributed by atoms with Crippen molar-refractivity contribution in [1.29, 1.82) is 0 Å². The Balaban J connectivity index is 1.27. The van der Waals surface area contributed by atoms with Crippen LogP contribution in [0.15, 0.2) is 53.4 Å². The van der Waals surface area contributed by atoms with Crippen LogP contribution in [0.5, 0.6) is 5.75 Å². The molecule has 32 heavy (non-hydrogen) atoms. The van der Waals surface area contributed by atoms with Gasteiger partial charge in [0.25, 0.3) is 5.91 Å². The van der Waals surface area contributed by atoms with Gasteiger partial charge in [0.1, 0.15) is 5.75 Å². The molecule has 2 heterocycles. The maximum absolute atomic E-state index is 12.7. The van der Waals surface area contributed by atoms with Gasteiger partial charge in [-0.05, 0) is 55.3 Å². The fraction of sp³-hybridized carbons (Fsp3) is 0.435. The Morgan fingerprint density at radius 3 is 2.25 bits per heavy atom. The van der Waals surface area contributed by atoms with Crippen LogP contribution in [0.1, 0.15) is 19.3 Å². The molecule has 2 aromatic rings. The fourth-order valence-electron chi connectivity index (χ4n) is 4.09. The second-order valence-corrected chi connectivity index (χ2v) is 10.4. The number of piperidine rings is 1. The highest BCUT2D eigenvalue weighted by molar-refractivity contribution is 7.89. The van der Waals surface area contributed by atoms with E-state index < -0.39 is 10.0 Å². The van der Waals surface area contributed by atoms with Crippen molar-refractivity contribution in [1.82, 2.24) is 9.21 Å². The van der Waals surface area contributed by atoms with E-state index in [-0.39, 0.29) is 17.4 Å². The molecule has 0 spiro atoms. The second-order valence-electron chi connectivity index (χ2n) is 8.07. The quantitative estimate of drug-likeness (QED) is 0.638. The number of hydrogen-bond acceptors (Lipinski definition) is 5. The van der Waals surface area contributed by atoms with Crippen molar-refractivity contribution in [2.24, 2.45) is 0 Å². The number of rotatable bonds is 6. The highest BCUT2D eigenvalue weighted by atomic mass is 35.5. The van der Waals surface area contributed by atoms with Gasteiger partial charge in [-0.2, -0.15) is 4.31 Å². The molecule has 4 rings (SSSR count). The van der Waals surface area contributed by atoms with Crippen molar-refractivity contribution < 1.29 is 17.9 Å². The Morgan fingerprint density at radius 1 is 0.906 bits per heavy atom. The molecular formula is C23H28ClN3O4S. The first-order chi connectivity index (χ1) is 15.4. The number of ether oxygens (including phenoxy) is 1. The van der Waals surface area contributed by atoms with Gasteiger partial charge in [-0.15, -0.1) is 0 Å². The van der Waals surface area contributed by atoms with E-state index >= 15 is 0 Å². The number of piperazine rings is 1. The largest absolute Gasteiger partial charge is 0.484 e. The first-order valence-corrected chi connectivity index (χ1v) is 12.8. The van der Waals surface area contributed by atoms with Crippen LogP contribution in [0.2, 0.25) is 5.02 Å². The van der Waals surface area contributed by atoms with E-state index in [2.05, 4.69) is 4.90 Å². The number of amides is 1. The Morgan fingerprint density at radius 2 is 1.59 bits per heavy atom. The minimum absolute atomic E-state index is 0.0740. The molecule has 7 nitrogen and oxygen atoms in total. The van der Waals surface area contributed by atoms with E-state index in [0.717, 1.165) is 38.0 Å². The van der Waals surface area contributed by atoms with Crippen LogP contribution in [0.3, 0.4) is 0 Å². The van der Waals surface area contributed by atoms with Crippen molar-refractivity contribution in [3.05, 3.63) is 53.6 Å². The maximum Gasteiger partial charge on any atom is 0.260 e. The molecule has 2 fully saturated rings. The summed E-state index contributed by atoms with van der Waals surface area (Å²) in [6.45, 7) is 3.75. The van der Waals surface area contributed by atoms with E-state index in [9.17, 15) is 13.2 Å². The summed E-state index contributed by atoms with van der Waals surface area (Å²) in [6, 6.07) is 14.0. The molecule has 0 unspecified atom stereocenters. The molecule has 1 amide bonds. The van der Waals surface area contributed by atoms with Gasteiger partial charge in [-0.25, -0.2) is 8.42 Å². The molecule has 0 aliphatic carbocycles. The van der Waals surface area contributed by atoms with Crippen LogP contribution in [-0.2, 0) is 14.8 Å². The van der Waals surface area contributed by atoms with E-state index in [1.807, 2.05) is 24.3 Å². The van der Waals surface area contributed by atoms with E-state index in [1.54, 1.807) is 33.5 Å². The van der Waals surface area contributed by atoms with Gasteiger partial charge in [0.05, 0.1) is 4.90 Å². The summed E-state index contributed by atoms with van der Waals surface area (Å²) in [5, 5.41) is 0.698. The molecule has 0 radical (unpaired) electrons. The molecule has 0 bridgehead atoms. The molecule has 0 aromatic heterocycles. The van der Waals surface area contributed by atoms with Gasteiger partial charge >= 0.3 is 0 Å². The average Bonchev–Trinajstić information content (AvgIpc) is 2.83. The molecule has 0 saturated carbocycles. The summed E-state index contributed by atoms with van der Waals surface area (Å²) >= 11 is 6.07. The van der Waals surface area contributed by atoms with Crippen LogP contribution >= 0.6 is 11.6 Å². The highest BCUT2D eigenvalue weighted by Gasteiger charge is 2.26. The van der Waals surface area contributed by atoms with Gasteiger partial charge in [0.2, 0.25) is 10.0 Å². The molecule has 2 saturated heterocycles.